The zero-order chi connectivity index (χ0) is 11.7. The van der Waals surface area contributed by atoms with Gasteiger partial charge in [0.1, 0.15) is 11.6 Å². The fourth-order valence-electron chi connectivity index (χ4n) is 1.36. The molecule has 1 heterocycles. The SMILES string of the molecule is CC(=O)c1ccc(-c2ccc(Br)cc2F)o1. The van der Waals surface area contributed by atoms with Crippen LogP contribution in [0.25, 0.3) is 11.3 Å². The molecular weight excluding hydrogens is 275 g/mol. The second-order valence-electron chi connectivity index (χ2n) is 3.34. The lowest BCUT2D eigenvalue weighted by Crippen LogP contribution is -1.86. The molecule has 82 valence electrons. The smallest absolute Gasteiger partial charge is 0.194 e. The number of hydrogen-bond donors (Lipinski definition) is 0. The number of carbonyl (C=O) groups excluding carboxylic acids is 1. The van der Waals surface area contributed by atoms with Gasteiger partial charge in [-0.1, -0.05) is 15.9 Å². The Morgan fingerprint density at radius 3 is 2.62 bits per heavy atom. The van der Waals surface area contributed by atoms with Gasteiger partial charge in [0.25, 0.3) is 0 Å². The Bertz CT molecular complexity index is 546. The van der Waals surface area contributed by atoms with Crippen LogP contribution in [-0.2, 0) is 0 Å². The molecule has 1 aromatic heterocycles. The molecule has 0 radical (unpaired) electrons. The number of carbonyl (C=O) groups is 1. The highest BCUT2D eigenvalue weighted by atomic mass is 79.9. The van der Waals surface area contributed by atoms with E-state index in [0.29, 0.717) is 15.8 Å². The maximum atomic E-state index is 13.6. The van der Waals surface area contributed by atoms with Gasteiger partial charge in [0.2, 0.25) is 0 Å². The molecule has 0 fully saturated rings. The topological polar surface area (TPSA) is 30.2 Å². The first-order chi connectivity index (χ1) is 7.58. The third-order valence-corrected chi connectivity index (χ3v) is 2.64. The van der Waals surface area contributed by atoms with Gasteiger partial charge in [0.15, 0.2) is 11.5 Å². The van der Waals surface area contributed by atoms with E-state index in [2.05, 4.69) is 15.9 Å². The van der Waals surface area contributed by atoms with Crippen molar-refractivity contribution in [3.63, 3.8) is 0 Å². The van der Waals surface area contributed by atoms with Crippen molar-refractivity contribution in [1.82, 2.24) is 0 Å². The fraction of sp³-hybridized carbons (Fsp3) is 0.0833. The lowest BCUT2D eigenvalue weighted by Gasteiger charge is -1.99. The zero-order valence-electron chi connectivity index (χ0n) is 8.46. The lowest BCUT2D eigenvalue weighted by atomic mass is 10.1. The number of rotatable bonds is 2. The second-order valence-corrected chi connectivity index (χ2v) is 4.26. The molecule has 0 aliphatic rings. The van der Waals surface area contributed by atoms with Crippen molar-refractivity contribution in [2.45, 2.75) is 6.92 Å². The second kappa shape index (κ2) is 4.22. The molecule has 0 spiro atoms. The van der Waals surface area contributed by atoms with Crippen molar-refractivity contribution < 1.29 is 13.6 Å². The molecule has 0 amide bonds. The molecule has 2 aromatic rings. The van der Waals surface area contributed by atoms with E-state index in [9.17, 15) is 9.18 Å². The summed E-state index contributed by atoms with van der Waals surface area (Å²) in [5, 5.41) is 0. The predicted molar refractivity (Wildman–Crippen MR) is 61.8 cm³/mol. The number of ketones is 1. The molecule has 0 saturated heterocycles. The van der Waals surface area contributed by atoms with Crippen LogP contribution < -0.4 is 0 Å². The van der Waals surface area contributed by atoms with Crippen molar-refractivity contribution in [3.8, 4) is 11.3 Å². The number of halogens is 2. The van der Waals surface area contributed by atoms with E-state index in [-0.39, 0.29) is 17.4 Å². The van der Waals surface area contributed by atoms with Crippen LogP contribution in [0.1, 0.15) is 17.5 Å². The highest BCUT2D eigenvalue weighted by Gasteiger charge is 2.11. The summed E-state index contributed by atoms with van der Waals surface area (Å²) in [5.74, 6) is 0.0233. The van der Waals surface area contributed by atoms with E-state index in [1.54, 1.807) is 24.3 Å². The monoisotopic (exact) mass is 282 g/mol. The Balaban J connectivity index is 2.46. The van der Waals surface area contributed by atoms with Crippen LogP contribution >= 0.6 is 15.9 Å². The van der Waals surface area contributed by atoms with Crippen LogP contribution in [0.2, 0.25) is 0 Å². The summed E-state index contributed by atoms with van der Waals surface area (Å²) in [6.45, 7) is 1.40. The quantitative estimate of drug-likeness (QED) is 0.778. The van der Waals surface area contributed by atoms with Crippen LogP contribution in [0.5, 0.6) is 0 Å². The first-order valence-corrected chi connectivity index (χ1v) is 5.43. The maximum absolute atomic E-state index is 13.6. The summed E-state index contributed by atoms with van der Waals surface area (Å²) >= 11 is 3.17. The molecule has 2 rings (SSSR count). The average molecular weight is 283 g/mol. The van der Waals surface area contributed by atoms with E-state index < -0.39 is 0 Å². The number of Topliss-reactive ketones (excluding diaryl/α,β-unsaturated/α-hetero) is 1. The Labute approximate surface area is 100 Å². The first-order valence-electron chi connectivity index (χ1n) is 4.64. The van der Waals surface area contributed by atoms with Crippen molar-refractivity contribution in [3.05, 3.63) is 46.4 Å². The first kappa shape index (κ1) is 11.1. The normalized spacial score (nSPS) is 10.4. The summed E-state index contributed by atoms with van der Waals surface area (Å²) < 4.78 is 19.5. The largest absolute Gasteiger partial charge is 0.453 e. The Morgan fingerprint density at radius 1 is 1.31 bits per heavy atom. The van der Waals surface area contributed by atoms with Crippen molar-refractivity contribution >= 4 is 21.7 Å². The summed E-state index contributed by atoms with van der Waals surface area (Å²) in [5.41, 5.74) is 0.343. The lowest BCUT2D eigenvalue weighted by molar-refractivity contribution is 0.0988. The third kappa shape index (κ3) is 2.07. The minimum Gasteiger partial charge on any atom is -0.453 e. The van der Waals surface area contributed by atoms with Crippen LogP contribution in [0.15, 0.2) is 39.2 Å². The van der Waals surface area contributed by atoms with E-state index >= 15 is 0 Å². The van der Waals surface area contributed by atoms with E-state index in [0.717, 1.165) is 0 Å². The average Bonchev–Trinajstić information content (AvgIpc) is 2.66. The molecule has 0 unspecified atom stereocenters. The summed E-state index contributed by atoms with van der Waals surface area (Å²) in [6.07, 6.45) is 0. The van der Waals surface area contributed by atoms with Crippen molar-refractivity contribution in [1.29, 1.82) is 0 Å². The molecule has 0 saturated carbocycles. The molecule has 2 nitrogen and oxygen atoms in total. The zero-order valence-corrected chi connectivity index (χ0v) is 10.0. The summed E-state index contributed by atoms with van der Waals surface area (Å²) in [7, 11) is 0. The highest BCUT2D eigenvalue weighted by molar-refractivity contribution is 9.10. The molecule has 4 heteroatoms. The number of hydrogen-bond acceptors (Lipinski definition) is 2. The van der Waals surface area contributed by atoms with Gasteiger partial charge in [-0.3, -0.25) is 4.79 Å². The Hall–Kier alpha value is -1.42. The molecule has 0 aliphatic heterocycles. The van der Waals surface area contributed by atoms with Crippen molar-refractivity contribution in [2.75, 3.05) is 0 Å². The molecule has 0 aliphatic carbocycles. The van der Waals surface area contributed by atoms with Gasteiger partial charge in [-0.25, -0.2) is 4.39 Å². The minimum absolute atomic E-state index is 0.177. The van der Waals surface area contributed by atoms with Gasteiger partial charge in [-0.05, 0) is 30.3 Å². The highest BCUT2D eigenvalue weighted by Crippen LogP contribution is 2.27. The van der Waals surface area contributed by atoms with E-state index in [1.807, 2.05) is 0 Å². The number of furan rings is 1. The fourth-order valence-corrected chi connectivity index (χ4v) is 1.69. The molecule has 0 atom stereocenters. The van der Waals surface area contributed by atoms with Crippen LogP contribution in [0, 0.1) is 5.82 Å². The van der Waals surface area contributed by atoms with E-state index in [4.69, 9.17) is 4.42 Å². The molecule has 16 heavy (non-hydrogen) atoms. The number of benzene rings is 1. The van der Waals surface area contributed by atoms with Gasteiger partial charge in [-0.15, -0.1) is 0 Å². The van der Waals surface area contributed by atoms with Gasteiger partial charge in [-0.2, -0.15) is 0 Å². The minimum atomic E-state index is -0.390. The standard InChI is InChI=1S/C12H8BrFO2/c1-7(15)11-4-5-12(16-11)9-3-2-8(13)6-10(9)14/h2-6H,1H3. The predicted octanol–water partition coefficient (Wildman–Crippen LogP) is 4.05. The van der Waals surface area contributed by atoms with E-state index in [1.165, 1.54) is 13.0 Å². The summed E-state index contributed by atoms with van der Waals surface area (Å²) in [4.78, 5) is 11.0. The maximum Gasteiger partial charge on any atom is 0.194 e. The molecule has 0 bridgehead atoms. The third-order valence-electron chi connectivity index (χ3n) is 2.15. The van der Waals surface area contributed by atoms with Gasteiger partial charge >= 0.3 is 0 Å². The molecule has 1 aromatic carbocycles. The van der Waals surface area contributed by atoms with Crippen LogP contribution in [-0.4, -0.2) is 5.78 Å². The van der Waals surface area contributed by atoms with Gasteiger partial charge in [0.05, 0.1) is 5.56 Å². The van der Waals surface area contributed by atoms with Crippen molar-refractivity contribution in [2.24, 2.45) is 0 Å². The van der Waals surface area contributed by atoms with Crippen LogP contribution in [0.4, 0.5) is 4.39 Å². The molecule has 0 N–H and O–H groups in total. The summed E-state index contributed by atoms with van der Waals surface area (Å²) in [6, 6.07) is 7.80. The van der Waals surface area contributed by atoms with Gasteiger partial charge in [0, 0.05) is 11.4 Å². The van der Waals surface area contributed by atoms with Gasteiger partial charge < -0.3 is 4.42 Å². The van der Waals surface area contributed by atoms with Crippen LogP contribution in [0.3, 0.4) is 0 Å². The Morgan fingerprint density at radius 2 is 2.06 bits per heavy atom. The Kier molecular flexibility index (Phi) is 2.92. The molecular formula is C12H8BrFO2.